The normalized spacial score (nSPS) is 27.8. The number of hydrogen-bond acceptors (Lipinski definition) is 0. The summed E-state index contributed by atoms with van der Waals surface area (Å²) in [5.74, 6) is 1.84. The predicted molar refractivity (Wildman–Crippen MR) is 83.5 cm³/mol. The van der Waals surface area contributed by atoms with Crippen LogP contribution in [0.2, 0.25) is 5.02 Å². The zero-order valence-electron chi connectivity index (χ0n) is 11.5. The van der Waals surface area contributed by atoms with Gasteiger partial charge < -0.3 is 0 Å². The van der Waals surface area contributed by atoms with E-state index < -0.39 is 0 Å². The van der Waals surface area contributed by atoms with Gasteiger partial charge in [-0.1, -0.05) is 47.4 Å². The van der Waals surface area contributed by atoms with Crippen molar-refractivity contribution in [1.82, 2.24) is 0 Å². The second kappa shape index (κ2) is 6.58. The summed E-state index contributed by atoms with van der Waals surface area (Å²) >= 11 is 9.53. The Hall–Kier alpha value is -0.0800. The fourth-order valence-corrected chi connectivity index (χ4v) is 3.83. The summed E-state index contributed by atoms with van der Waals surface area (Å²) in [7, 11) is 0. The van der Waals surface area contributed by atoms with Crippen LogP contribution in [0.15, 0.2) is 18.2 Å². The van der Waals surface area contributed by atoms with Crippen LogP contribution in [0.4, 0.5) is 4.39 Å². The molecule has 1 aliphatic carbocycles. The van der Waals surface area contributed by atoms with Gasteiger partial charge in [-0.2, -0.15) is 0 Å². The largest absolute Gasteiger partial charge is 0.205 e. The summed E-state index contributed by atoms with van der Waals surface area (Å²) in [4.78, 5) is 0.557. The maximum atomic E-state index is 13.5. The third kappa shape index (κ3) is 3.95. The second-order valence-corrected chi connectivity index (χ2v) is 7.63. The first-order chi connectivity index (χ1) is 8.97. The van der Waals surface area contributed by atoms with Gasteiger partial charge in [-0.15, -0.1) is 0 Å². The van der Waals surface area contributed by atoms with Gasteiger partial charge >= 0.3 is 0 Å². The molecular weight excluding hydrogens is 327 g/mol. The average Bonchev–Trinajstić information content (AvgIpc) is 2.36. The molecule has 0 saturated heterocycles. The van der Waals surface area contributed by atoms with Crippen molar-refractivity contribution >= 4 is 27.5 Å². The molecule has 1 saturated carbocycles. The maximum absolute atomic E-state index is 13.5. The van der Waals surface area contributed by atoms with Gasteiger partial charge in [0.15, 0.2) is 0 Å². The van der Waals surface area contributed by atoms with Crippen molar-refractivity contribution < 1.29 is 4.39 Å². The molecule has 3 heteroatoms. The maximum Gasteiger partial charge on any atom is 0.142 e. The van der Waals surface area contributed by atoms with Gasteiger partial charge in [0.1, 0.15) is 5.82 Å². The Bertz CT molecular complexity index is 433. The smallest absolute Gasteiger partial charge is 0.142 e. The lowest BCUT2D eigenvalue weighted by Gasteiger charge is -2.35. The van der Waals surface area contributed by atoms with Crippen LogP contribution in [0.25, 0.3) is 0 Å². The molecule has 0 aliphatic heterocycles. The molecule has 1 aromatic carbocycles. The fourth-order valence-electron chi connectivity index (χ4n) is 3.05. The molecule has 0 amide bonds. The molecule has 1 aromatic rings. The lowest BCUT2D eigenvalue weighted by atomic mass is 9.74. The lowest BCUT2D eigenvalue weighted by Crippen LogP contribution is -2.29. The first-order valence-corrected chi connectivity index (χ1v) is 8.34. The number of halogens is 3. The quantitative estimate of drug-likeness (QED) is 0.601. The number of alkyl halides is 1. The van der Waals surface area contributed by atoms with Crippen molar-refractivity contribution in [2.24, 2.45) is 17.8 Å². The minimum Gasteiger partial charge on any atom is -0.205 e. The summed E-state index contributed by atoms with van der Waals surface area (Å²) in [5.41, 5.74) is 1.06. The van der Waals surface area contributed by atoms with E-state index in [1.807, 2.05) is 6.07 Å². The molecule has 1 aliphatic rings. The van der Waals surface area contributed by atoms with Gasteiger partial charge in [-0.3, -0.25) is 0 Å². The molecule has 19 heavy (non-hydrogen) atoms. The van der Waals surface area contributed by atoms with Crippen molar-refractivity contribution in [3.8, 4) is 0 Å². The van der Waals surface area contributed by atoms with Crippen molar-refractivity contribution in [3.63, 3.8) is 0 Å². The molecule has 3 unspecified atom stereocenters. The summed E-state index contributed by atoms with van der Waals surface area (Å²) in [6.07, 6.45) is 4.70. The third-order valence-corrected chi connectivity index (χ3v) is 5.87. The molecule has 0 heterocycles. The number of hydrogen-bond donors (Lipinski definition) is 0. The molecule has 0 aromatic heterocycles. The van der Waals surface area contributed by atoms with Crippen LogP contribution in [0.1, 0.15) is 38.7 Å². The lowest BCUT2D eigenvalue weighted by molar-refractivity contribution is 0.222. The minimum absolute atomic E-state index is 0.211. The van der Waals surface area contributed by atoms with E-state index in [0.717, 1.165) is 23.8 Å². The highest BCUT2D eigenvalue weighted by atomic mass is 79.9. The second-order valence-electron chi connectivity index (χ2n) is 6.05. The highest BCUT2D eigenvalue weighted by molar-refractivity contribution is 9.09. The molecule has 2 rings (SSSR count). The number of benzene rings is 1. The molecule has 0 radical (unpaired) electrons. The summed E-state index contributed by atoms with van der Waals surface area (Å²) in [5, 5.41) is 0.211. The van der Waals surface area contributed by atoms with Crippen LogP contribution in [0, 0.1) is 23.6 Å². The fraction of sp³-hybridized carbons (Fsp3) is 0.625. The van der Waals surface area contributed by atoms with Crippen molar-refractivity contribution in [1.29, 1.82) is 0 Å². The molecule has 0 N–H and O–H groups in total. The van der Waals surface area contributed by atoms with E-state index in [-0.39, 0.29) is 10.8 Å². The predicted octanol–water partition coefficient (Wildman–Crippen LogP) is 5.86. The molecule has 1 fully saturated rings. The Morgan fingerprint density at radius 1 is 1.37 bits per heavy atom. The number of rotatable bonds is 3. The van der Waals surface area contributed by atoms with E-state index in [2.05, 4.69) is 29.8 Å². The Morgan fingerprint density at radius 3 is 2.74 bits per heavy atom. The Labute approximate surface area is 128 Å². The van der Waals surface area contributed by atoms with E-state index in [9.17, 15) is 4.39 Å². The molecule has 0 spiro atoms. The SMILES string of the molecule is CC(C)C1CCC(Br)C(Cc2ccc(Cl)c(F)c2)C1. The van der Waals surface area contributed by atoms with Crippen LogP contribution in [0.5, 0.6) is 0 Å². The van der Waals surface area contributed by atoms with Gasteiger partial charge in [0.05, 0.1) is 5.02 Å². The van der Waals surface area contributed by atoms with Crippen LogP contribution >= 0.6 is 27.5 Å². The minimum atomic E-state index is -0.304. The van der Waals surface area contributed by atoms with Crippen LogP contribution in [0.3, 0.4) is 0 Å². The van der Waals surface area contributed by atoms with E-state index >= 15 is 0 Å². The Morgan fingerprint density at radius 2 is 2.11 bits per heavy atom. The zero-order chi connectivity index (χ0) is 14.0. The standard InChI is InChI=1S/C16H21BrClF/c1-10(2)12-4-5-14(17)13(9-12)7-11-3-6-15(18)16(19)8-11/h3,6,8,10,12-14H,4-5,7,9H2,1-2H3. The van der Waals surface area contributed by atoms with Gasteiger partial charge in [-0.05, 0) is 61.1 Å². The van der Waals surface area contributed by atoms with E-state index in [0.29, 0.717) is 10.7 Å². The van der Waals surface area contributed by atoms with Crippen molar-refractivity contribution in [2.75, 3.05) is 0 Å². The van der Waals surface area contributed by atoms with E-state index in [1.54, 1.807) is 12.1 Å². The van der Waals surface area contributed by atoms with Crippen LogP contribution < -0.4 is 0 Å². The van der Waals surface area contributed by atoms with Crippen molar-refractivity contribution in [2.45, 2.75) is 44.4 Å². The van der Waals surface area contributed by atoms with Gasteiger partial charge in [0.25, 0.3) is 0 Å². The Kier molecular flexibility index (Phi) is 5.30. The van der Waals surface area contributed by atoms with Gasteiger partial charge in [0, 0.05) is 4.83 Å². The molecular formula is C16H21BrClF. The third-order valence-electron chi connectivity index (χ3n) is 4.35. The monoisotopic (exact) mass is 346 g/mol. The van der Waals surface area contributed by atoms with Crippen molar-refractivity contribution in [3.05, 3.63) is 34.6 Å². The molecule has 3 atom stereocenters. The summed E-state index contributed by atoms with van der Waals surface area (Å²) < 4.78 is 13.5. The first-order valence-electron chi connectivity index (χ1n) is 7.05. The summed E-state index contributed by atoms with van der Waals surface area (Å²) in [6.45, 7) is 4.61. The highest BCUT2D eigenvalue weighted by Crippen LogP contribution is 2.39. The zero-order valence-corrected chi connectivity index (χ0v) is 13.8. The summed E-state index contributed by atoms with van der Waals surface area (Å²) in [6, 6.07) is 5.20. The molecule has 0 nitrogen and oxygen atoms in total. The average molecular weight is 348 g/mol. The highest BCUT2D eigenvalue weighted by Gasteiger charge is 2.30. The molecule has 106 valence electrons. The van der Waals surface area contributed by atoms with Gasteiger partial charge in [0.2, 0.25) is 0 Å². The van der Waals surface area contributed by atoms with E-state index in [1.165, 1.54) is 19.3 Å². The first kappa shape index (κ1) is 15.3. The van der Waals surface area contributed by atoms with Gasteiger partial charge in [-0.25, -0.2) is 4.39 Å². The topological polar surface area (TPSA) is 0 Å². The van der Waals surface area contributed by atoms with E-state index in [4.69, 9.17) is 11.6 Å². The molecule has 0 bridgehead atoms. The van der Waals surface area contributed by atoms with Crippen LogP contribution in [-0.2, 0) is 6.42 Å². The Balaban J connectivity index is 2.05. The van der Waals surface area contributed by atoms with Crippen LogP contribution in [-0.4, -0.2) is 4.83 Å².